The highest BCUT2D eigenvalue weighted by Crippen LogP contribution is 2.30. The fraction of sp³-hybridized carbons (Fsp3) is 0.333. The number of carbonyl (C=O) groups is 2. The summed E-state index contributed by atoms with van der Waals surface area (Å²) in [6, 6.07) is 9.56. The highest BCUT2D eigenvalue weighted by atomic mass is 32.1. The molecule has 2 heterocycles. The molecular weight excluding hydrogens is 358 g/mol. The second-order valence-corrected chi connectivity index (χ2v) is 7.26. The third-order valence-corrected chi connectivity index (χ3v) is 5.72. The van der Waals surface area contributed by atoms with Gasteiger partial charge in [0.25, 0.3) is 5.91 Å². The average Bonchev–Trinajstić information content (AvgIpc) is 3.29. The number of rotatable bonds is 8. The van der Waals surface area contributed by atoms with Crippen molar-refractivity contribution in [3.05, 3.63) is 64.4 Å². The molecule has 27 heavy (non-hydrogen) atoms. The van der Waals surface area contributed by atoms with E-state index in [0.29, 0.717) is 17.8 Å². The Morgan fingerprint density at radius 3 is 2.52 bits per heavy atom. The molecule has 1 N–H and O–H groups in total. The van der Waals surface area contributed by atoms with Gasteiger partial charge in [-0.15, -0.1) is 0 Å². The van der Waals surface area contributed by atoms with Gasteiger partial charge in [-0.25, -0.2) is 0 Å². The summed E-state index contributed by atoms with van der Waals surface area (Å²) in [7, 11) is 0. The first-order valence-corrected chi connectivity index (χ1v) is 10.1. The number of amides is 2. The van der Waals surface area contributed by atoms with Gasteiger partial charge in [0.15, 0.2) is 0 Å². The van der Waals surface area contributed by atoms with Gasteiger partial charge in [-0.3, -0.25) is 19.4 Å². The number of hydrogen-bond donors (Lipinski definition) is 1. The number of thiophene rings is 1. The van der Waals surface area contributed by atoms with Crippen molar-refractivity contribution in [1.82, 2.24) is 15.1 Å². The molecule has 5 nitrogen and oxygen atoms in total. The lowest BCUT2D eigenvalue weighted by Crippen LogP contribution is -2.42. The molecule has 6 heteroatoms. The van der Waals surface area contributed by atoms with Crippen molar-refractivity contribution in [2.24, 2.45) is 0 Å². The molecule has 1 unspecified atom stereocenters. The summed E-state index contributed by atoms with van der Waals surface area (Å²) in [5.41, 5.74) is 3.20. The average molecular weight is 384 g/mol. The Hall–Kier alpha value is -2.44. The number of nitrogens with one attached hydrogen (secondary N) is 1. The van der Waals surface area contributed by atoms with E-state index in [-0.39, 0.29) is 24.4 Å². The van der Waals surface area contributed by atoms with E-state index in [4.69, 9.17) is 0 Å². The first kappa shape index (κ1) is 19.3. The van der Waals surface area contributed by atoms with E-state index >= 15 is 0 Å². The van der Waals surface area contributed by atoms with Crippen molar-refractivity contribution in [1.29, 1.82) is 0 Å². The lowest BCUT2D eigenvalue weighted by atomic mass is 10.1. The van der Waals surface area contributed by atoms with Crippen molar-refractivity contribution in [3.8, 4) is 0 Å². The summed E-state index contributed by atoms with van der Waals surface area (Å²) < 4.78 is 0. The van der Waals surface area contributed by atoms with Gasteiger partial charge in [-0.2, -0.15) is 11.3 Å². The van der Waals surface area contributed by atoms with Gasteiger partial charge in [0.2, 0.25) is 5.91 Å². The van der Waals surface area contributed by atoms with Gasteiger partial charge in [-0.05, 0) is 41.5 Å². The van der Waals surface area contributed by atoms with Crippen molar-refractivity contribution in [2.45, 2.75) is 19.9 Å². The molecular formula is C21H25N3O2S. The second kappa shape index (κ2) is 8.50. The minimum Gasteiger partial charge on any atom is -0.353 e. The van der Waals surface area contributed by atoms with E-state index in [1.54, 1.807) is 17.4 Å². The monoisotopic (exact) mass is 383 g/mol. The van der Waals surface area contributed by atoms with Crippen LogP contribution in [0.1, 0.15) is 41.4 Å². The molecule has 3 rings (SSSR count). The minimum atomic E-state index is -0.176. The molecule has 0 spiro atoms. The molecule has 0 bridgehead atoms. The number of fused-ring (bicyclic) bond motifs is 1. The van der Waals surface area contributed by atoms with Crippen LogP contribution in [0.5, 0.6) is 0 Å². The Morgan fingerprint density at radius 1 is 1.22 bits per heavy atom. The zero-order valence-corrected chi connectivity index (χ0v) is 16.6. The maximum Gasteiger partial charge on any atom is 0.259 e. The summed E-state index contributed by atoms with van der Waals surface area (Å²) in [6.07, 6.45) is 0. The van der Waals surface area contributed by atoms with Gasteiger partial charge in [0, 0.05) is 23.4 Å². The maximum atomic E-state index is 12.6. The molecule has 1 atom stereocenters. The first-order valence-electron chi connectivity index (χ1n) is 9.19. The van der Waals surface area contributed by atoms with E-state index in [2.05, 4.69) is 47.5 Å². The molecule has 0 aliphatic carbocycles. The van der Waals surface area contributed by atoms with Crippen LogP contribution in [0.2, 0.25) is 0 Å². The first-order chi connectivity index (χ1) is 13.1. The predicted octanol–water partition coefficient (Wildman–Crippen LogP) is 3.37. The summed E-state index contributed by atoms with van der Waals surface area (Å²) in [6.45, 7) is 10.5. The summed E-state index contributed by atoms with van der Waals surface area (Å²) in [5.74, 6) is -0.339. The Kier molecular flexibility index (Phi) is 6.08. The van der Waals surface area contributed by atoms with Crippen LogP contribution in [0.15, 0.2) is 47.7 Å². The maximum absolute atomic E-state index is 12.6. The topological polar surface area (TPSA) is 52.7 Å². The Balaban J connectivity index is 1.64. The highest BCUT2D eigenvalue weighted by Gasteiger charge is 2.32. The molecule has 1 aliphatic heterocycles. The van der Waals surface area contributed by atoms with E-state index in [1.807, 2.05) is 18.2 Å². The SMILES string of the molecule is C=C1c2ccccc2C(=O)N1CC(=O)NCC(c1ccsc1)N(CC)CC. The standard InChI is InChI=1S/C21H25N3O2S/c1-4-23(5-2)19(16-10-11-27-14-16)12-22-20(25)13-24-15(3)17-8-6-7-9-18(17)21(24)26/h6-11,14,19H,3-5,12-13H2,1-2H3,(H,22,25). The summed E-state index contributed by atoms with van der Waals surface area (Å²) >= 11 is 1.66. The van der Waals surface area contributed by atoms with Crippen LogP contribution in [-0.2, 0) is 4.79 Å². The van der Waals surface area contributed by atoms with Crippen molar-refractivity contribution < 1.29 is 9.59 Å². The van der Waals surface area contributed by atoms with Gasteiger partial charge in [-0.1, -0.05) is 38.6 Å². The van der Waals surface area contributed by atoms with Crippen LogP contribution in [-0.4, -0.2) is 47.8 Å². The molecule has 142 valence electrons. The molecule has 2 aromatic rings. The fourth-order valence-corrected chi connectivity index (χ4v) is 4.21. The molecule has 0 saturated heterocycles. The van der Waals surface area contributed by atoms with Gasteiger partial charge in [0.05, 0.1) is 6.04 Å². The van der Waals surface area contributed by atoms with Crippen LogP contribution in [0.25, 0.3) is 5.70 Å². The molecule has 0 saturated carbocycles. The molecule has 0 radical (unpaired) electrons. The Bertz CT molecular complexity index is 793. The van der Waals surface area contributed by atoms with Crippen molar-refractivity contribution in [2.75, 3.05) is 26.2 Å². The van der Waals surface area contributed by atoms with Crippen molar-refractivity contribution >= 4 is 28.8 Å². The Morgan fingerprint density at radius 2 is 1.93 bits per heavy atom. The van der Waals surface area contributed by atoms with E-state index < -0.39 is 0 Å². The number of nitrogens with zero attached hydrogens (tertiary/aromatic N) is 2. The second-order valence-electron chi connectivity index (χ2n) is 6.48. The number of likely N-dealkylation sites (N-methyl/N-ethyl adjacent to an activating group) is 1. The molecule has 1 aliphatic rings. The van der Waals surface area contributed by atoms with Gasteiger partial charge >= 0.3 is 0 Å². The lowest BCUT2D eigenvalue weighted by Gasteiger charge is -2.29. The normalized spacial score (nSPS) is 14.6. The van der Waals surface area contributed by atoms with Gasteiger partial charge in [0.1, 0.15) is 6.54 Å². The van der Waals surface area contributed by atoms with Crippen LogP contribution in [0.4, 0.5) is 0 Å². The van der Waals surface area contributed by atoms with E-state index in [0.717, 1.165) is 18.7 Å². The smallest absolute Gasteiger partial charge is 0.259 e. The third-order valence-electron chi connectivity index (χ3n) is 5.01. The molecule has 0 fully saturated rings. The van der Waals surface area contributed by atoms with Gasteiger partial charge < -0.3 is 5.32 Å². The highest BCUT2D eigenvalue weighted by molar-refractivity contribution is 7.08. The summed E-state index contributed by atoms with van der Waals surface area (Å²) in [4.78, 5) is 28.9. The number of benzene rings is 1. The van der Waals surface area contributed by atoms with Crippen LogP contribution >= 0.6 is 11.3 Å². The van der Waals surface area contributed by atoms with E-state index in [9.17, 15) is 9.59 Å². The predicted molar refractivity (Wildman–Crippen MR) is 110 cm³/mol. The number of hydrogen-bond acceptors (Lipinski definition) is 4. The summed E-state index contributed by atoms with van der Waals surface area (Å²) in [5, 5.41) is 7.18. The van der Waals surface area contributed by atoms with Crippen LogP contribution in [0, 0.1) is 0 Å². The third kappa shape index (κ3) is 3.96. The quantitative estimate of drug-likeness (QED) is 0.760. The molecule has 1 aromatic carbocycles. The van der Waals surface area contributed by atoms with Crippen LogP contribution in [0.3, 0.4) is 0 Å². The Labute approximate surface area is 164 Å². The fourth-order valence-electron chi connectivity index (χ4n) is 3.50. The van der Waals surface area contributed by atoms with Crippen LogP contribution < -0.4 is 5.32 Å². The zero-order chi connectivity index (χ0) is 19.4. The molecule has 2 amide bonds. The minimum absolute atomic E-state index is 0.0129. The zero-order valence-electron chi connectivity index (χ0n) is 15.8. The largest absolute Gasteiger partial charge is 0.353 e. The lowest BCUT2D eigenvalue weighted by molar-refractivity contribution is -0.121. The number of carbonyl (C=O) groups excluding carboxylic acids is 2. The van der Waals surface area contributed by atoms with Crippen molar-refractivity contribution in [3.63, 3.8) is 0 Å². The molecule has 1 aromatic heterocycles. The van der Waals surface area contributed by atoms with E-state index in [1.165, 1.54) is 10.5 Å².